The third-order valence-corrected chi connectivity index (χ3v) is 7.13. The minimum atomic E-state index is -0.973. The Kier molecular flexibility index (Phi) is 7.20. The zero-order valence-electron chi connectivity index (χ0n) is 19.6. The van der Waals surface area contributed by atoms with Gasteiger partial charge in [0, 0.05) is 18.3 Å². The molecule has 3 aliphatic rings. The van der Waals surface area contributed by atoms with Crippen LogP contribution in [0.15, 0.2) is 23.8 Å². The molecule has 2 fully saturated rings. The Bertz CT molecular complexity index is 859. The lowest BCUT2D eigenvalue weighted by Gasteiger charge is -2.43. The topological polar surface area (TPSA) is 56.8 Å². The van der Waals surface area contributed by atoms with Crippen LogP contribution in [0.3, 0.4) is 0 Å². The van der Waals surface area contributed by atoms with Gasteiger partial charge in [0.25, 0.3) is 0 Å². The summed E-state index contributed by atoms with van der Waals surface area (Å²) in [4.78, 5) is 12.5. The van der Waals surface area contributed by atoms with E-state index in [0.29, 0.717) is 25.6 Å². The third-order valence-electron chi connectivity index (χ3n) is 7.13. The molecule has 1 saturated carbocycles. The molecule has 0 aromatic carbocycles. The van der Waals surface area contributed by atoms with E-state index in [4.69, 9.17) is 14.2 Å². The highest BCUT2D eigenvalue weighted by molar-refractivity contribution is 5.68. The highest BCUT2D eigenvalue weighted by Gasteiger charge is 2.59. The lowest BCUT2D eigenvalue weighted by atomic mass is 9.63. The number of carbonyl (C=O) groups is 1. The first-order chi connectivity index (χ1) is 14.8. The number of ether oxygens (including phenoxy) is 3. The van der Waals surface area contributed by atoms with Crippen LogP contribution < -0.4 is 5.32 Å². The second-order valence-electron chi connectivity index (χ2n) is 9.19. The maximum absolute atomic E-state index is 12.5. The van der Waals surface area contributed by atoms with Crippen molar-refractivity contribution in [1.82, 2.24) is 5.32 Å². The van der Waals surface area contributed by atoms with Gasteiger partial charge < -0.3 is 19.5 Å². The fourth-order valence-corrected chi connectivity index (χ4v) is 5.29. The normalized spacial score (nSPS) is 36.0. The van der Waals surface area contributed by atoms with Gasteiger partial charge in [-0.3, -0.25) is 0 Å². The molecule has 1 N–H and O–H groups in total. The van der Waals surface area contributed by atoms with Crippen molar-refractivity contribution in [2.45, 2.75) is 59.3 Å². The molecule has 1 amide bonds. The van der Waals surface area contributed by atoms with Crippen molar-refractivity contribution in [2.75, 3.05) is 20.3 Å². The smallest absolute Gasteiger partial charge is 0.407 e. The molecule has 0 radical (unpaired) electrons. The van der Waals surface area contributed by atoms with Crippen LogP contribution in [-0.2, 0) is 14.2 Å². The van der Waals surface area contributed by atoms with Crippen LogP contribution >= 0.6 is 0 Å². The van der Waals surface area contributed by atoms with Crippen molar-refractivity contribution in [2.24, 2.45) is 29.1 Å². The first-order valence-corrected chi connectivity index (χ1v) is 11.3. The molecule has 3 rings (SSSR count). The van der Waals surface area contributed by atoms with Gasteiger partial charge in [0.05, 0.1) is 26.2 Å². The minimum Gasteiger partial charge on any atom is -0.453 e. The number of fused-ring (bicyclic) bond motifs is 1. The van der Waals surface area contributed by atoms with Gasteiger partial charge in [-0.15, -0.1) is 0 Å². The fourth-order valence-electron chi connectivity index (χ4n) is 5.29. The summed E-state index contributed by atoms with van der Waals surface area (Å²) in [5.41, 5.74) is 1.12. The first-order valence-electron chi connectivity index (χ1n) is 11.3. The van der Waals surface area contributed by atoms with Gasteiger partial charge >= 0.3 is 6.09 Å². The summed E-state index contributed by atoms with van der Waals surface area (Å²) in [6, 6.07) is -0.489. The minimum absolute atomic E-state index is 0.0154. The molecule has 1 spiro atoms. The van der Waals surface area contributed by atoms with Crippen molar-refractivity contribution in [3.63, 3.8) is 0 Å². The van der Waals surface area contributed by atoms with Gasteiger partial charge in [-0.1, -0.05) is 69.9 Å². The van der Waals surface area contributed by atoms with E-state index in [1.54, 1.807) is 12.2 Å². The summed E-state index contributed by atoms with van der Waals surface area (Å²) >= 11 is 0. The zero-order valence-corrected chi connectivity index (χ0v) is 19.6. The monoisotopic (exact) mass is 425 g/mol. The van der Waals surface area contributed by atoms with E-state index in [-0.39, 0.29) is 23.2 Å². The van der Waals surface area contributed by atoms with E-state index in [0.717, 1.165) is 6.42 Å². The number of allylic oxidation sites excluding steroid dienone is 4. The van der Waals surface area contributed by atoms with Crippen molar-refractivity contribution in [3.8, 4) is 23.7 Å². The first kappa shape index (κ1) is 23.5. The number of nitrogens with one attached hydrogen (secondary N) is 1. The summed E-state index contributed by atoms with van der Waals surface area (Å²) in [6.07, 6.45) is 6.94. The molecule has 0 aromatic heterocycles. The molecule has 0 bridgehead atoms. The van der Waals surface area contributed by atoms with Crippen molar-refractivity contribution < 1.29 is 19.0 Å². The molecule has 5 nitrogen and oxygen atoms in total. The second kappa shape index (κ2) is 9.51. The van der Waals surface area contributed by atoms with E-state index in [1.807, 2.05) is 0 Å². The van der Waals surface area contributed by atoms with Crippen molar-refractivity contribution in [1.29, 1.82) is 0 Å². The van der Waals surface area contributed by atoms with Gasteiger partial charge in [-0.25, -0.2) is 4.79 Å². The molecule has 0 aromatic rings. The Morgan fingerprint density at radius 3 is 2.52 bits per heavy atom. The van der Waals surface area contributed by atoms with Crippen LogP contribution in [0.5, 0.6) is 0 Å². The van der Waals surface area contributed by atoms with Crippen LogP contribution in [0.2, 0.25) is 0 Å². The number of hydrogen-bond acceptors (Lipinski definition) is 4. The van der Waals surface area contributed by atoms with E-state index in [9.17, 15) is 4.79 Å². The molecular weight excluding hydrogens is 390 g/mol. The maximum Gasteiger partial charge on any atom is 0.407 e. The van der Waals surface area contributed by atoms with Gasteiger partial charge in [0.15, 0.2) is 5.79 Å². The molecule has 31 heavy (non-hydrogen) atoms. The number of amides is 1. The highest BCUT2D eigenvalue weighted by atomic mass is 16.7. The molecule has 5 heteroatoms. The van der Waals surface area contributed by atoms with E-state index >= 15 is 0 Å². The van der Waals surface area contributed by atoms with E-state index in [1.165, 1.54) is 12.7 Å². The Morgan fingerprint density at radius 2 is 1.94 bits per heavy atom. The zero-order chi connectivity index (χ0) is 22.6. The molecule has 5 atom stereocenters. The molecule has 168 valence electrons. The molecule has 1 heterocycles. The molecule has 1 saturated heterocycles. The van der Waals surface area contributed by atoms with E-state index < -0.39 is 17.9 Å². The number of rotatable bonds is 3. The van der Waals surface area contributed by atoms with Crippen LogP contribution in [0, 0.1) is 52.8 Å². The standard InChI is InChI=1S/C26H35NO4/c1-7-12-21-22-19(4)13-10-8-9-11-14-20(22)23(27-24(28)29-6)26(30-15-16-31-26)17-25(21,5)18(2)3/h8-9,12,18-20,22-23H,7,15-17H2,1-6H3,(H,27,28)/b9-8-,21-12+/t19-,20?,22?,23?,25-/m0/s1. The van der Waals surface area contributed by atoms with E-state index in [2.05, 4.69) is 69.7 Å². The SMILES string of the molecule is CC/C=C1\C2C(C#C/C=C\C#C[C@@H]2C)C(NC(=O)OC)C2(C[C@@]1(C)C(C)C)OCCO2. The number of carbonyl (C=O) groups excluding carboxylic acids is 1. The lowest BCUT2D eigenvalue weighted by Crippen LogP contribution is -2.58. The number of methoxy groups -OCH3 is 1. The summed E-state index contributed by atoms with van der Waals surface area (Å²) < 4.78 is 17.7. The molecule has 2 aliphatic carbocycles. The van der Waals surface area contributed by atoms with Gasteiger partial charge in [0.2, 0.25) is 0 Å². The average molecular weight is 426 g/mol. The Hall–Kier alpha value is -2.21. The Morgan fingerprint density at radius 1 is 1.29 bits per heavy atom. The van der Waals surface area contributed by atoms with Crippen LogP contribution in [0.25, 0.3) is 0 Å². The number of hydrogen-bond donors (Lipinski definition) is 1. The Labute approximate surface area is 187 Å². The lowest BCUT2D eigenvalue weighted by molar-refractivity contribution is -0.200. The highest BCUT2D eigenvalue weighted by Crippen LogP contribution is 2.56. The van der Waals surface area contributed by atoms with Gasteiger partial charge in [-0.2, -0.15) is 0 Å². The van der Waals surface area contributed by atoms with Gasteiger partial charge in [-0.05, 0) is 29.9 Å². The predicted molar refractivity (Wildman–Crippen MR) is 121 cm³/mol. The number of alkyl carbamates (subject to hydrolysis) is 1. The van der Waals surface area contributed by atoms with Crippen molar-refractivity contribution in [3.05, 3.63) is 23.8 Å². The maximum atomic E-state index is 12.5. The molecular formula is C26H35NO4. The van der Waals surface area contributed by atoms with Gasteiger partial charge in [0.1, 0.15) is 6.04 Å². The van der Waals surface area contributed by atoms with Crippen LogP contribution in [-0.4, -0.2) is 38.2 Å². The molecule has 1 aliphatic heterocycles. The predicted octanol–water partition coefficient (Wildman–Crippen LogP) is 4.30. The molecule has 3 unspecified atom stereocenters. The van der Waals surface area contributed by atoms with Crippen molar-refractivity contribution >= 4 is 6.09 Å². The van der Waals surface area contributed by atoms with Crippen LogP contribution in [0.1, 0.15) is 47.5 Å². The summed E-state index contributed by atoms with van der Waals surface area (Å²) in [5.74, 6) is 12.3. The third kappa shape index (κ3) is 4.40. The average Bonchev–Trinajstić information content (AvgIpc) is 3.20. The quantitative estimate of drug-likeness (QED) is 0.541. The summed E-state index contributed by atoms with van der Waals surface area (Å²) in [5, 5.41) is 3.06. The summed E-state index contributed by atoms with van der Waals surface area (Å²) in [7, 11) is 1.37. The van der Waals surface area contributed by atoms with Crippen LogP contribution in [0.4, 0.5) is 4.79 Å². The fraction of sp³-hybridized carbons (Fsp3) is 0.654. The largest absolute Gasteiger partial charge is 0.453 e. The Balaban J connectivity index is 2.30. The second-order valence-corrected chi connectivity index (χ2v) is 9.19. The summed E-state index contributed by atoms with van der Waals surface area (Å²) in [6.45, 7) is 12.1.